The van der Waals surface area contributed by atoms with Crippen molar-refractivity contribution in [2.45, 2.75) is 18.2 Å². The number of alkyl halides is 1. The molecule has 0 aliphatic carbocycles. The van der Waals surface area contributed by atoms with Crippen LogP contribution in [0.25, 0.3) is 0 Å². The second-order valence-electron chi connectivity index (χ2n) is 2.85. The molecular weight excluding hydrogens is 303 g/mol. The van der Waals surface area contributed by atoms with Crippen LogP contribution >= 0.6 is 39.1 Å². The first-order valence-corrected chi connectivity index (χ1v) is 5.97. The van der Waals surface area contributed by atoms with Gasteiger partial charge < -0.3 is 5.32 Å². The summed E-state index contributed by atoms with van der Waals surface area (Å²) in [6.07, 6.45) is 2.13. The highest BCUT2D eigenvalue weighted by atomic mass is 79.9. The maximum atomic E-state index is 11.5. The van der Waals surface area contributed by atoms with Crippen LogP contribution in [0.5, 0.6) is 0 Å². The van der Waals surface area contributed by atoms with Gasteiger partial charge in [-0.3, -0.25) is 4.79 Å². The van der Waals surface area contributed by atoms with Gasteiger partial charge in [0.15, 0.2) is 0 Å². The summed E-state index contributed by atoms with van der Waals surface area (Å²) in [7, 11) is 0. The van der Waals surface area contributed by atoms with Gasteiger partial charge >= 0.3 is 0 Å². The van der Waals surface area contributed by atoms with E-state index in [4.69, 9.17) is 23.2 Å². The Morgan fingerprint density at radius 2 is 2.33 bits per heavy atom. The minimum absolute atomic E-state index is 0.150. The Morgan fingerprint density at radius 1 is 1.67 bits per heavy atom. The van der Waals surface area contributed by atoms with Crippen molar-refractivity contribution in [3.8, 4) is 0 Å². The zero-order valence-electron chi connectivity index (χ0n) is 7.93. The zero-order chi connectivity index (χ0) is 11.4. The Kier molecular flexibility index (Phi) is 4.83. The van der Waals surface area contributed by atoms with Gasteiger partial charge in [-0.25, -0.2) is 4.98 Å². The molecule has 0 radical (unpaired) electrons. The molecule has 1 amide bonds. The lowest BCUT2D eigenvalue weighted by molar-refractivity contribution is -0.115. The van der Waals surface area contributed by atoms with E-state index in [1.807, 2.05) is 6.92 Å². The summed E-state index contributed by atoms with van der Waals surface area (Å²) in [6.45, 7) is 1.90. The number of nitrogens with one attached hydrogen (secondary N) is 1. The van der Waals surface area contributed by atoms with Crippen molar-refractivity contribution in [3.05, 3.63) is 22.4 Å². The lowest BCUT2D eigenvalue weighted by atomic mass is 10.3. The van der Waals surface area contributed by atoms with Crippen molar-refractivity contribution in [2.24, 2.45) is 0 Å². The third-order valence-electron chi connectivity index (χ3n) is 1.72. The molecule has 6 heteroatoms. The van der Waals surface area contributed by atoms with E-state index in [-0.39, 0.29) is 10.7 Å². The summed E-state index contributed by atoms with van der Waals surface area (Å²) in [5, 5.41) is 3.32. The number of anilines is 1. The molecule has 1 aromatic heterocycles. The van der Waals surface area contributed by atoms with Gasteiger partial charge in [-0.15, -0.1) is 0 Å². The van der Waals surface area contributed by atoms with E-state index < -0.39 is 0 Å². The highest BCUT2D eigenvalue weighted by molar-refractivity contribution is 9.10. The van der Waals surface area contributed by atoms with Gasteiger partial charge in [0.1, 0.15) is 5.15 Å². The van der Waals surface area contributed by atoms with E-state index in [0.717, 1.165) is 0 Å². The topological polar surface area (TPSA) is 42.0 Å². The Hall–Kier alpha value is -0.320. The molecule has 0 aliphatic rings. The number of carbonyl (C=O) groups is 1. The van der Waals surface area contributed by atoms with Gasteiger partial charge in [-0.1, -0.05) is 46.1 Å². The summed E-state index contributed by atoms with van der Waals surface area (Å²) in [5.74, 6) is -0.150. The van der Waals surface area contributed by atoms with Crippen LogP contribution < -0.4 is 5.32 Å². The second kappa shape index (κ2) is 5.68. The van der Waals surface area contributed by atoms with Gasteiger partial charge in [0.05, 0.1) is 21.7 Å². The minimum Gasteiger partial charge on any atom is -0.323 e. The highest BCUT2D eigenvalue weighted by Gasteiger charge is 2.14. The predicted molar refractivity (Wildman–Crippen MR) is 65.9 cm³/mol. The van der Waals surface area contributed by atoms with Crippen molar-refractivity contribution < 1.29 is 4.79 Å². The lowest BCUT2D eigenvalue weighted by Crippen LogP contribution is -2.22. The van der Waals surface area contributed by atoms with Crippen LogP contribution in [0.15, 0.2) is 12.3 Å². The predicted octanol–water partition coefficient (Wildman–Crippen LogP) is 3.50. The molecule has 82 valence electrons. The molecule has 15 heavy (non-hydrogen) atoms. The number of nitrogens with zero attached hydrogens (tertiary/aromatic N) is 1. The fraction of sp³-hybridized carbons (Fsp3) is 0.333. The number of aromatic nitrogens is 1. The molecule has 0 bridgehead atoms. The van der Waals surface area contributed by atoms with E-state index in [9.17, 15) is 4.79 Å². The maximum Gasteiger partial charge on any atom is 0.238 e. The lowest BCUT2D eigenvalue weighted by Gasteiger charge is -2.09. The van der Waals surface area contributed by atoms with E-state index in [1.54, 1.807) is 0 Å². The van der Waals surface area contributed by atoms with Crippen molar-refractivity contribution in [1.29, 1.82) is 0 Å². The molecule has 1 aromatic rings. The Morgan fingerprint density at radius 3 is 2.87 bits per heavy atom. The van der Waals surface area contributed by atoms with Gasteiger partial charge in [0.2, 0.25) is 5.91 Å². The molecule has 1 N–H and O–H groups in total. The van der Waals surface area contributed by atoms with Crippen LogP contribution in [0.4, 0.5) is 5.69 Å². The number of amides is 1. The summed E-state index contributed by atoms with van der Waals surface area (Å²) in [4.78, 5) is 15.1. The number of hydrogen-bond acceptors (Lipinski definition) is 2. The molecule has 0 fully saturated rings. The summed E-state index contributed by atoms with van der Waals surface area (Å²) >= 11 is 14.7. The molecule has 0 spiro atoms. The number of halogens is 3. The normalized spacial score (nSPS) is 12.3. The summed E-state index contributed by atoms with van der Waals surface area (Å²) < 4.78 is 0. The average Bonchev–Trinajstić information content (AvgIpc) is 2.20. The van der Waals surface area contributed by atoms with Crippen LogP contribution in [0.1, 0.15) is 13.3 Å². The Bertz CT molecular complexity index is 373. The van der Waals surface area contributed by atoms with Gasteiger partial charge in [-0.05, 0) is 12.5 Å². The molecule has 0 unspecified atom stereocenters. The van der Waals surface area contributed by atoms with E-state index in [1.165, 1.54) is 12.3 Å². The van der Waals surface area contributed by atoms with E-state index >= 15 is 0 Å². The van der Waals surface area contributed by atoms with Crippen LogP contribution in [-0.4, -0.2) is 15.7 Å². The Balaban J connectivity index is 2.77. The van der Waals surface area contributed by atoms with Crippen molar-refractivity contribution >= 4 is 50.7 Å². The number of hydrogen-bond donors (Lipinski definition) is 1. The molecule has 3 nitrogen and oxygen atoms in total. The molecule has 0 saturated heterocycles. The first kappa shape index (κ1) is 12.7. The summed E-state index contributed by atoms with van der Waals surface area (Å²) in [5.41, 5.74) is 0.462. The zero-order valence-corrected chi connectivity index (χ0v) is 11.0. The number of carbonyl (C=O) groups excluding carboxylic acids is 1. The van der Waals surface area contributed by atoms with Gasteiger partial charge in [0, 0.05) is 0 Å². The summed E-state index contributed by atoms with van der Waals surface area (Å²) in [6, 6.07) is 1.48. The standard InChI is InChI=1S/C9H9BrCl2N2O/c1-2-5(10)9(15)14-7-4-13-8(12)3-6(7)11/h3-5H,2H2,1H3,(H,14,15)/t5-/m1/s1. The first-order valence-electron chi connectivity index (χ1n) is 4.30. The second-order valence-corrected chi connectivity index (χ2v) is 4.75. The average molecular weight is 312 g/mol. The smallest absolute Gasteiger partial charge is 0.238 e. The molecule has 1 heterocycles. The fourth-order valence-electron chi connectivity index (χ4n) is 0.896. The minimum atomic E-state index is -0.232. The van der Waals surface area contributed by atoms with Crippen LogP contribution in [0, 0.1) is 0 Å². The van der Waals surface area contributed by atoms with Crippen molar-refractivity contribution in [1.82, 2.24) is 4.98 Å². The van der Waals surface area contributed by atoms with Crippen LogP contribution in [-0.2, 0) is 4.79 Å². The molecule has 0 aliphatic heterocycles. The Labute approximate surface area is 106 Å². The third kappa shape index (κ3) is 3.63. The molecular formula is C9H9BrCl2N2O. The van der Waals surface area contributed by atoms with E-state index in [0.29, 0.717) is 22.3 Å². The SMILES string of the molecule is CC[C@@H](Br)C(=O)Nc1cnc(Cl)cc1Cl. The number of pyridine rings is 1. The quantitative estimate of drug-likeness (QED) is 0.685. The van der Waals surface area contributed by atoms with Crippen molar-refractivity contribution in [2.75, 3.05) is 5.32 Å². The van der Waals surface area contributed by atoms with Crippen LogP contribution in [0.2, 0.25) is 10.2 Å². The maximum absolute atomic E-state index is 11.5. The monoisotopic (exact) mass is 310 g/mol. The third-order valence-corrected chi connectivity index (χ3v) is 3.30. The molecule has 1 atom stereocenters. The largest absolute Gasteiger partial charge is 0.323 e. The molecule has 0 saturated carbocycles. The molecule has 0 aromatic carbocycles. The van der Waals surface area contributed by atoms with Crippen molar-refractivity contribution in [3.63, 3.8) is 0 Å². The van der Waals surface area contributed by atoms with Gasteiger partial charge in [0.25, 0.3) is 0 Å². The van der Waals surface area contributed by atoms with Crippen LogP contribution in [0.3, 0.4) is 0 Å². The van der Waals surface area contributed by atoms with E-state index in [2.05, 4.69) is 26.2 Å². The number of rotatable bonds is 3. The first-order chi connectivity index (χ1) is 7.04. The van der Waals surface area contributed by atoms with Gasteiger partial charge in [-0.2, -0.15) is 0 Å². The molecule has 1 rings (SSSR count). The highest BCUT2D eigenvalue weighted by Crippen LogP contribution is 2.23. The fourth-order valence-corrected chi connectivity index (χ4v) is 1.42.